The highest BCUT2D eigenvalue weighted by molar-refractivity contribution is 7.18. The van der Waals surface area contributed by atoms with Gasteiger partial charge in [-0.05, 0) is 38.9 Å². The van der Waals surface area contributed by atoms with Crippen molar-refractivity contribution >= 4 is 27.5 Å². The lowest BCUT2D eigenvalue weighted by Crippen LogP contribution is -2.30. The van der Waals surface area contributed by atoms with Crippen LogP contribution in [0.1, 0.15) is 41.9 Å². The van der Waals surface area contributed by atoms with E-state index in [1.165, 1.54) is 11.3 Å². The quantitative estimate of drug-likeness (QED) is 0.894. The Balaban J connectivity index is 2.23. The number of carbonyl (C=O) groups is 1. The third-order valence-electron chi connectivity index (χ3n) is 4.63. The summed E-state index contributed by atoms with van der Waals surface area (Å²) in [5, 5.41) is 10.1. The Morgan fingerprint density at radius 3 is 2.83 bits per heavy atom. The van der Waals surface area contributed by atoms with Crippen molar-refractivity contribution in [3.8, 4) is 0 Å². The summed E-state index contributed by atoms with van der Waals surface area (Å²) in [7, 11) is 3.94. The van der Waals surface area contributed by atoms with E-state index in [0.717, 1.165) is 35.7 Å². The van der Waals surface area contributed by atoms with Gasteiger partial charge in [0.25, 0.3) is 5.56 Å². The van der Waals surface area contributed by atoms with Gasteiger partial charge in [0.1, 0.15) is 10.7 Å². The van der Waals surface area contributed by atoms with Gasteiger partial charge in [0.15, 0.2) is 0 Å². The van der Waals surface area contributed by atoms with Crippen LogP contribution in [0.2, 0.25) is 0 Å². The second-order valence-electron chi connectivity index (χ2n) is 6.54. The number of aromatic nitrogens is 2. The van der Waals surface area contributed by atoms with E-state index in [-0.39, 0.29) is 5.56 Å². The molecule has 0 fully saturated rings. The highest BCUT2D eigenvalue weighted by Gasteiger charge is 2.32. The monoisotopic (exact) mass is 349 g/mol. The van der Waals surface area contributed by atoms with E-state index in [2.05, 4.69) is 0 Å². The van der Waals surface area contributed by atoms with E-state index in [0.29, 0.717) is 29.6 Å². The number of aliphatic carboxylic acids is 1. The van der Waals surface area contributed by atoms with Crippen LogP contribution in [0.4, 0.5) is 0 Å². The van der Waals surface area contributed by atoms with E-state index in [1.807, 2.05) is 25.9 Å². The van der Waals surface area contributed by atoms with Crippen molar-refractivity contribution in [1.82, 2.24) is 14.5 Å². The molecule has 1 unspecified atom stereocenters. The summed E-state index contributed by atoms with van der Waals surface area (Å²) < 4.78 is 1.73. The summed E-state index contributed by atoms with van der Waals surface area (Å²) in [6.45, 7) is 3.31. The standard InChI is InChI=1S/C17H23N3O3S/c1-4-12-18-15-14(16(21)20(12)9-8-19(2)3)13-10(17(22)23)6-5-7-11(13)24-15/h10H,4-9H2,1-3H3,(H,22,23). The summed E-state index contributed by atoms with van der Waals surface area (Å²) in [6.07, 6.45) is 2.98. The molecule has 3 rings (SSSR count). The van der Waals surface area contributed by atoms with Crippen molar-refractivity contribution < 1.29 is 9.90 Å². The lowest BCUT2D eigenvalue weighted by atomic mass is 9.86. The predicted octanol–water partition coefficient (Wildman–Crippen LogP) is 2.09. The molecule has 0 aromatic carbocycles. The Hall–Kier alpha value is -1.73. The molecule has 0 saturated carbocycles. The van der Waals surface area contributed by atoms with Crippen molar-refractivity contribution in [2.45, 2.75) is 45.1 Å². The Kier molecular flexibility index (Phi) is 4.73. The van der Waals surface area contributed by atoms with Gasteiger partial charge in [0, 0.05) is 24.4 Å². The van der Waals surface area contributed by atoms with Gasteiger partial charge in [-0.25, -0.2) is 4.98 Å². The molecule has 1 atom stereocenters. The molecule has 6 nitrogen and oxygen atoms in total. The minimum atomic E-state index is -0.838. The van der Waals surface area contributed by atoms with Crippen molar-refractivity contribution in [1.29, 1.82) is 0 Å². The second kappa shape index (κ2) is 6.64. The highest BCUT2D eigenvalue weighted by atomic mass is 32.1. The predicted molar refractivity (Wildman–Crippen MR) is 95.1 cm³/mol. The van der Waals surface area contributed by atoms with Crippen LogP contribution in [-0.4, -0.2) is 46.2 Å². The molecule has 2 heterocycles. The molecule has 0 spiro atoms. The van der Waals surface area contributed by atoms with Gasteiger partial charge in [-0.3, -0.25) is 14.2 Å². The summed E-state index contributed by atoms with van der Waals surface area (Å²) in [5.41, 5.74) is 0.650. The topological polar surface area (TPSA) is 75.4 Å². The zero-order valence-corrected chi connectivity index (χ0v) is 15.2. The molecule has 0 saturated heterocycles. The molecule has 0 bridgehead atoms. The van der Waals surface area contributed by atoms with Crippen LogP contribution in [0, 0.1) is 0 Å². The largest absolute Gasteiger partial charge is 0.481 e. The van der Waals surface area contributed by atoms with E-state index < -0.39 is 11.9 Å². The molecule has 24 heavy (non-hydrogen) atoms. The second-order valence-corrected chi connectivity index (χ2v) is 7.63. The maximum atomic E-state index is 13.1. The maximum Gasteiger partial charge on any atom is 0.311 e. The van der Waals surface area contributed by atoms with Crippen LogP contribution in [0.15, 0.2) is 4.79 Å². The molecule has 2 aromatic rings. The number of hydrogen-bond acceptors (Lipinski definition) is 5. The molecule has 2 aromatic heterocycles. The number of likely N-dealkylation sites (N-methyl/N-ethyl adjacent to an activating group) is 1. The summed E-state index contributed by atoms with van der Waals surface area (Å²) in [5.74, 6) is -0.638. The SMILES string of the molecule is CCc1nc2sc3c(c2c(=O)n1CCN(C)C)C(C(=O)O)CCC3. The van der Waals surface area contributed by atoms with Crippen LogP contribution in [0.25, 0.3) is 10.2 Å². The molecule has 0 aliphatic heterocycles. The van der Waals surface area contributed by atoms with Crippen LogP contribution in [-0.2, 0) is 24.2 Å². The Labute approximate surface area is 144 Å². The summed E-state index contributed by atoms with van der Waals surface area (Å²) >= 11 is 1.50. The van der Waals surface area contributed by atoms with Crippen LogP contribution in [0.5, 0.6) is 0 Å². The third kappa shape index (κ3) is 2.86. The van der Waals surface area contributed by atoms with Gasteiger partial charge in [-0.1, -0.05) is 6.92 Å². The first-order chi connectivity index (χ1) is 11.4. The van der Waals surface area contributed by atoms with Gasteiger partial charge in [0.05, 0.1) is 11.3 Å². The molecule has 1 aliphatic rings. The fraction of sp³-hybridized carbons (Fsp3) is 0.588. The minimum Gasteiger partial charge on any atom is -0.481 e. The summed E-state index contributed by atoms with van der Waals surface area (Å²) in [6, 6.07) is 0. The molecular weight excluding hydrogens is 326 g/mol. The van der Waals surface area contributed by atoms with Gasteiger partial charge in [-0.2, -0.15) is 0 Å². The normalized spacial score (nSPS) is 17.4. The summed E-state index contributed by atoms with van der Waals surface area (Å²) in [4.78, 5) is 33.3. The lowest BCUT2D eigenvalue weighted by Gasteiger charge is -2.19. The Morgan fingerprint density at radius 2 is 2.21 bits per heavy atom. The van der Waals surface area contributed by atoms with Crippen molar-refractivity contribution in [3.63, 3.8) is 0 Å². The van der Waals surface area contributed by atoms with Crippen molar-refractivity contribution in [3.05, 3.63) is 26.6 Å². The van der Waals surface area contributed by atoms with Gasteiger partial charge < -0.3 is 10.0 Å². The number of fused-ring (bicyclic) bond motifs is 3. The number of rotatable bonds is 5. The number of carboxylic acid groups (broad SMARTS) is 1. The van der Waals surface area contributed by atoms with Crippen LogP contribution < -0.4 is 5.56 Å². The van der Waals surface area contributed by atoms with E-state index >= 15 is 0 Å². The van der Waals surface area contributed by atoms with Gasteiger partial charge >= 0.3 is 5.97 Å². The third-order valence-corrected chi connectivity index (χ3v) is 5.79. The van der Waals surface area contributed by atoms with Crippen LogP contribution in [0.3, 0.4) is 0 Å². The van der Waals surface area contributed by atoms with E-state index in [4.69, 9.17) is 4.98 Å². The number of aryl methyl sites for hydroxylation is 2. The maximum absolute atomic E-state index is 13.1. The highest BCUT2D eigenvalue weighted by Crippen LogP contribution is 2.40. The number of nitrogens with zero attached hydrogens (tertiary/aromatic N) is 3. The van der Waals surface area contributed by atoms with Crippen LogP contribution >= 0.6 is 11.3 Å². The minimum absolute atomic E-state index is 0.0793. The smallest absolute Gasteiger partial charge is 0.311 e. The number of hydrogen-bond donors (Lipinski definition) is 1. The molecule has 130 valence electrons. The Bertz CT molecular complexity index is 838. The van der Waals surface area contributed by atoms with E-state index in [9.17, 15) is 14.7 Å². The Morgan fingerprint density at radius 1 is 1.46 bits per heavy atom. The number of thiophene rings is 1. The lowest BCUT2D eigenvalue weighted by molar-refractivity contribution is -0.139. The first-order valence-corrected chi connectivity index (χ1v) is 9.18. The first kappa shape index (κ1) is 17.1. The molecule has 1 aliphatic carbocycles. The van der Waals surface area contributed by atoms with Gasteiger partial charge in [0.2, 0.25) is 0 Å². The zero-order valence-electron chi connectivity index (χ0n) is 14.3. The molecule has 7 heteroatoms. The average molecular weight is 349 g/mol. The van der Waals surface area contributed by atoms with E-state index in [1.54, 1.807) is 4.57 Å². The zero-order chi connectivity index (χ0) is 17.4. The van der Waals surface area contributed by atoms with Crippen molar-refractivity contribution in [2.75, 3.05) is 20.6 Å². The fourth-order valence-electron chi connectivity index (χ4n) is 3.41. The molecule has 0 radical (unpaired) electrons. The molecule has 0 amide bonds. The average Bonchev–Trinajstić information content (AvgIpc) is 2.91. The molecule has 1 N–H and O–H groups in total. The fourth-order valence-corrected chi connectivity index (χ4v) is 4.69. The number of carboxylic acids is 1. The van der Waals surface area contributed by atoms with Crippen molar-refractivity contribution in [2.24, 2.45) is 0 Å². The first-order valence-electron chi connectivity index (χ1n) is 8.36. The molecular formula is C17H23N3O3S. The van der Waals surface area contributed by atoms with Gasteiger partial charge in [-0.15, -0.1) is 11.3 Å².